The van der Waals surface area contributed by atoms with Crippen LogP contribution >= 0.6 is 0 Å². The molecule has 1 aromatic rings. The molecule has 1 unspecified atom stereocenters. The maximum atomic E-state index is 12.5. The summed E-state index contributed by atoms with van der Waals surface area (Å²) in [5.41, 5.74) is 7.79. The number of hydrogen-bond donors (Lipinski definition) is 2. The van der Waals surface area contributed by atoms with Gasteiger partial charge < -0.3 is 11.1 Å². The highest BCUT2D eigenvalue weighted by atomic mass is 16.2. The van der Waals surface area contributed by atoms with E-state index in [1.54, 1.807) is 0 Å². The van der Waals surface area contributed by atoms with Crippen LogP contribution in [0.5, 0.6) is 0 Å². The zero-order valence-corrected chi connectivity index (χ0v) is 13.0. The van der Waals surface area contributed by atoms with Crippen LogP contribution in [0.2, 0.25) is 0 Å². The van der Waals surface area contributed by atoms with Gasteiger partial charge in [0.05, 0.1) is 5.41 Å². The van der Waals surface area contributed by atoms with E-state index in [9.17, 15) is 4.79 Å². The fraction of sp³-hybridized carbons (Fsp3) is 0.588. The lowest BCUT2D eigenvalue weighted by atomic mass is 9.74. The Bertz CT molecular complexity index is 500. The first kappa shape index (κ1) is 15.0. The summed E-state index contributed by atoms with van der Waals surface area (Å²) in [6, 6.07) is 8.71. The molecule has 3 N–H and O–H groups in total. The number of fused-ring (bicyclic) bond motifs is 1. The molecule has 0 aromatic heterocycles. The van der Waals surface area contributed by atoms with Crippen molar-refractivity contribution in [2.24, 2.45) is 11.1 Å². The molecule has 1 atom stereocenters. The lowest BCUT2D eigenvalue weighted by Crippen LogP contribution is -2.57. The van der Waals surface area contributed by atoms with E-state index in [0.717, 1.165) is 19.3 Å². The smallest absolute Gasteiger partial charge is 0.227 e. The number of benzene rings is 1. The maximum absolute atomic E-state index is 12.5. The summed E-state index contributed by atoms with van der Waals surface area (Å²) in [5, 5.41) is 3.19. The molecule has 0 fully saturated rings. The highest BCUT2D eigenvalue weighted by Crippen LogP contribution is 2.29. The van der Waals surface area contributed by atoms with E-state index in [4.69, 9.17) is 5.73 Å². The zero-order valence-electron chi connectivity index (χ0n) is 13.0. The van der Waals surface area contributed by atoms with Crippen molar-refractivity contribution in [1.29, 1.82) is 0 Å². The highest BCUT2D eigenvalue weighted by Gasteiger charge is 2.41. The number of carbonyl (C=O) groups is 1. The van der Waals surface area contributed by atoms with Crippen LogP contribution < -0.4 is 11.1 Å². The summed E-state index contributed by atoms with van der Waals surface area (Å²) in [4.78, 5) is 12.5. The average Bonchev–Trinajstić information content (AvgIpc) is 2.37. The second-order valence-corrected chi connectivity index (χ2v) is 7.03. The van der Waals surface area contributed by atoms with Gasteiger partial charge in [0.2, 0.25) is 5.91 Å². The fourth-order valence-corrected chi connectivity index (χ4v) is 2.48. The predicted octanol–water partition coefficient (Wildman–Crippen LogP) is 2.42. The monoisotopic (exact) mass is 274 g/mol. The Hall–Kier alpha value is -1.35. The third-order valence-electron chi connectivity index (χ3n) is 4.86. The Kier molecular flexibility index (Phi) is 3.92. The molecule has 0 bridgehead atoms. The van der Waals surface area contributed by atoms with Crippen LogP contribution in [0.1, 0.15) is 45.2 Å². The van der Waals surface area contributed by atoms with E-state index in [1.165, 1.54) is 11.1 Å². The number of nitrogens with two attached hydrogens (primary N) is 1. The van der Waals surface area contributed by atoms with Crippen molar-refractivity contribution < 1.29 is 4.79 Å². The van der Waals surface area contributed by atoms with Gasteiger partial charge >= 0.3 is 0 Å². The molecule has 3 heteroatoms. The van der Waals surface area contributed by atoms with E-state index >= 15 is 0 Å². The van der Waals surface area contributed by atoms with Crippen molar-refractivity contribution >= 4 is 5.91 Å². The Morgan fingerprint density at radius 2 is 1.80 bits per heavy atom. The normalized spacial score (nSPS) is 19.4. The van der Waals surface area contributed by atoms with Gasteiger partial charge in [-0.1, -0.05) is 24.3 Å². The largest absolute Gasteiger partial charge is 0.353 e. The van der Waals surface area contributed by atoms with Crippen molar-refractivity contribution in [3.63, 3.8) is 0 Å². The van der Waals surface area contributed by atoms with E-state index in [1.807, 2.05) is 27.7 Å². The van der Waals surface area contributed by atoms with Crippen LogP contribution in [0.25, 0.3) is 0 Å². The quantitative estimate of drug-likeness (QED) is 0.889. The van der Waals surface area contributed by atoms with Crippen LogP contribution in [0, 0.1) is 5.41 Å². The van der Waals surface area contributed by atoms with Crippen molar-refractivity contribution in [1.82, 2.24) is 5.32 Å². The minimum Gasteiger partial charge on any atom is -0.353 e. The van der Waals surface area contributed by atoms with Crippen molar-refractivity contribution in [3.8, 4) is 0 Å². The molecule has 1 amide bonds. The van der Waals surface area contributed by atoms with Gasteiger partial charge in [-0.15, -0.1) is 0 Å². The van der Waals surface area contributed by atoms with E-state index in [-0.39, 0.29) is 11.9 Å². The van der Waals surface area contributed by atoms with Gasteiger partial charge in [0.1, 0.15) is 0 Å². The second-order valence-electron chi connectivity index (χ2n) is 7.03. The van der Waals surface area contributed by atoms with Crippen molar-refractivity contribution in [2.75, 3.05) is 0 Å². The summed E-state index contributed by atoms with van der Waals surface area (Å²) in [6.45, 7) is 7.64. The van der Waals surface area contributed by atoms with Crippen LogP contribution in [0.3, 0.4) is 0 Å². The predicted molar refractivity (Wildman–Crippen MR) is 82.4 cm³/mol. The molecule has 0 saturated heterocycles. The van der Waals surface area contributed by atoms with Gasteiger partial charge in [0.15, 0.2) is 0 Å². The van der Waals surface area contributed by atoms with Gasteiger partial charge in [-0.25, -0.2) is 0 Å². The highest BCUT2D eigenvalue weighted by molar-refractivity contribution is 5.83. The molecule has 0 radical (unpaired) electrons. The molecule has 0 heterocycles. The third kappa shape index (κ3) is 2.88. The molecular formula is C17H26N2O. The molecule has 1 aliphatic carbocycles. The summed E-state index contributed by atoms with van der Waals surface area (Å²) in [5.74, 6) is 0.0504. The first-order chi connectivity index (χ1) is 9.22. The summed E-state index contributed by atoms with van der Waals surface area (Å²) < 4.78 is 0. The second kappa shape index (κ2) is 5.21. The number of aryl methyl sites for hydroxylation is 1. The van der Waals surface area contributed by atoms with Crippen molar-refractivity contribution in [2.45, 2.75) is 58.5 Å². The number of nitrogens with one attached hydrogen (secondary N) is 1. The van der Waals surface area contributed by atoms with E-state index in [2.05, 4.69) is 29.6 Å². The van der Waals surface area contributed by atoms with E-state index < -0.39 is 11.0 Å². The lowest BCUT2D eigenvalue weighted by Gasteiger charge is -2.38. The Balaban J connectivity index is 2.04. The van der Waals surface area contributed by atoms with Gasteiger partial charge in [0.25, 0.3) is 0 Å². The average molecular weight is 274 g/mol. The SMILES string of the molecule is CC(C)(N)C(C)(C)C(=O)NC1CCc2ccccc2C1. The van der Waals surface area contributed by atoms with Crippen molar-refractivity contribution in [3.05, 3.63) is 35.4 Å². The first-order valence-corrected chi connectivity index (χ1v) is 7.38. The molecule has 0 spiro atoms. The van der Waals surface area contributed by atoms with Crippen LogP contribution in [0.15, 0.2) is 24.3 Å². The lowest BCUT2D eigenvalue weighted by molar-refractivity contribution is -0.133. The molecule has 3 nitrogen and oxygen atoms in total. The van der Waals surface area contributed by atoms with Gasteiger partial charge in [0, 0.05) is 11.6 Å². The molecule has 2 rings (SSSR count). The Morgan fingerprint density at radius 3 is 2.40 bits per heavy atom. The number of carbonyl (C=O) groups excluding carboxylic acids is 1. The zero-order chi connectivity index (χ0) is 15.0. The van der Waals surface area contributed by atoms with Crippen LogP contribution in [-0.2, 0) is 17.6 Å². The molecule has 0 saturated carbocycles. The van der Waals surface area contributed by atoms with Gasteiger partial charge in [-0.3, -0.25) is 4.79 Å². The topological polar surface area (TPSA) is 55.1 Å². The van der Waals surface area contributed by atoms with Gasteiger partial charge in [-0.05, 0) is 58.1 Å². The molecular weight excluding hydrogens is 248 g/mol. The Morgan fingerprint density at radius 1 is 1.20 bits per heavy atom. The minimum atomic E-state index is -0.579. The number of hydrogen-bond acceptors (Lipinski definition) is 2. The molecule has 20 heavy (non-hydrogen) atoms. The van der Waals surface area contributed by atoms with Crippen LogP contribution in [0.4, 0.5) is 0 Å². The molecule has 1 aliphatic rings. The summed E-state index contributed by atoms with van der Waals surface area (Å²) >= 11 is 0. The van der Waals surface area contributed by atoms with Gasteiger partial charge in [-0.2, -0.15) is 0 Å². The number of amides is 1. The fourth-order valence-electron chi connectivity index (χ4n) is 2.48. The molecule has 110 valence electrons. The third-order valence-corrected chi connectivity index (χ3v) is 4.86. The standard InChI is InChI=1S/C17H26N2O/c1-16(2,17(3,4)18)15(20)19-14-10-9-12-7-5-6-8-13(12)11-14/h5-8,14H,9-11,18H2,1-4H3,(H,19,20). The Labute approximate surface area is 121 Å². The summed E-state index contributed by atoms with van der Waals surface area (Å²) in [6.07, 6.45) is 2.96. The first-order valence-electron chi connectivity index (χ1n) is 7.38. The van der Waals surface area contributed by atoms with E-state index in [0.29, 0.717) is 0 Å². The number of rotatable bonds is 3. The maximum Gasteiger partial charge on any atom is 0.227 e. The molecule has 0 aliphatic heterocycles. The minimum absolute atomic E-state index is 0.0504. The van der Waals surface area contributed by atoms with Crippen LogP contribution in [-0.4, -0.2) is 17.5 Å². The molecule has 1 aromatic carbocycles. The summed E-state index contributed by atoms with van der Waals surface area (Å²) in [7, 11) is 0.